The Labute approximate surface area is 187 Å². The fraction of sp³-hybridized carbons (Fsp3) is 0.217. The van der Waals surface area contributed by atoms with Crippen LogP contribution in [0.1, 0.15) is 34.6 Å². The number of fused-ring (bicyclic) bond motifs is 1. The number of benzene rings is 1. The third kappa shape index (κ3) is 4.27. The van der Waals surface area contributed by atoms with E-state index in [9.17, 15) is 4.79 Å². The van der Waals surface area contributed by atoms with Gasteiger partial charge >= 0.3 is 0 Å². The van der Waals surface area contributed by atoms with Crippen LogP contribution in [-0.2, 0) is 0 Å². The molecule has 0 aliphatic carbocycles. The van der Waals surface area contributed by atoms with Gasteiger partial charge < -0.3 is 10.6 Å². The number of carbonyl (C=O) groups excluding carboxylic acids is 1. The summed E-state index contributed by atoms with van der Waals surface area (Å²) in [6, 6.07) is 9.59. The van der Waals surface area contributed by atoms with E-state index in [1.165, 1.54) is 6.33 Å². The first-order valence-electron chi connectivity index (χ1n) is 10.4. The first-order valence-corrected chi connectivity index (χ1v) is 10.4. The summed E-state index contributed by atoms with van der Waals surface area (Å²) in [6.07, 6.45) is 5.01. The molecule has 0 saturated heterocycles. The number of carbonyl (C=O) groups is 1. The van der Waals surface area contributed by atoms with E-state index in [4.69, 9.17) is 0 Å². The number of pyridine rings is 1. The monoisotopic (exact) mass is 425 g/mol. The molecule has 0 saturated carbocycles. The number of aromatic nitrogens is 5. The van der Waals surface area contributed by atoms with Gasteiger partial charge in [0.05, 0.1) is 16.8 Å². The molecule has 1 amide bonds. The number of nitrogens with zero attached hydrogens (tertiary/aromatic N) is 5. The van der Waals surface area contributed by atoms with E-state index in [1.54, 1.807) is 25.5 Å². The molecule has 0 aliphatic rings. The second-order valence-electron chi connectivity index (χ2n) is 7.67. The number of amides is 1. The maximum Gasteiger partial charge on any atom is 0.251 e. The first-order chi connectivity index (χ1) is 15.5. The summed E-state index contributed by atoms with van der Waals surface area (Å²) in [4.78, 5) is 34.2. The van der Waals surface area contributed by atoms with Crippen LogP contribution >= 0.6 is 0 Å². The average Bonchev–Trinajstić information content (AvgIpc) is 2.81. The van der Waals surface area contributed by atoms with Crippen molar-refractivity contribution in [2.24, 2.45) is 0 Å². The highest BCUT2D eigenvalue weighted by Crippen LogP contribution is 2.26. The molecule has 0 aliphatic heterocycles. The normalized spacial score (nSPS) is 11.8. The van der Waals surface area contributed by atoms with Crippen LogP contribution in [0.5, 0.6) is 0 Å². The minimum Gasteiger partial charge on any atom is -0.369 e. The number of para-hydroxylation sites is 1. The van der Waals surface area contributed by atoms with Crippen LogP contribution in [0.2, 0.25) is 0 Å². The van der Waals surface area contributed by atoms with Crippen LogP contribution in [0.15, 0.2) is 49.1 Å². The Hall–Kier alpha value is -3.88. The van der Waals surface area contributed by atoms with Gasteiger partial charge in [-0.2, -0.15) is 0 Å². The molecule has 2 N–H and O–H groups in total. The molecule has 4 aromatic rings. The maximum atomic E-state index is 12.2. The van der Waals surface area contributed by atoms with E-state index < -0.39 is 0 Å². The Morgan fingerprint density at radius 1 is 1.16 bits per heavy atom. The third-order valence-electron chi connectivity index (χ3n) is 5.44. The van der Waals surface area contributed by atoms with Crippen LogP contribution in [0.25, 0.3) is 22.2 Å². The molecule has 1 atom stereocenters. The summed E-state index contributed by atoms with van der Waals surface area (Å²) in [5.74, 6) is 1.47. The van der Waals surface area contributed by atoms with Crippen LogP contribution in [0, 0.1) is 6.92 Å². The van der Waals surface area contributed by atoms with E-state index in [0.717, 1.165) is 45.0 Å². The zero-order chi connectivity index (χ0) is 22.7. The zero-order valence-corrected chi connectivity index (χ0v) is 18.5. The molecule has 0 fully saturated rings. The average molecular weight is 425 g/mol. The fourth-order valence-electron chi connectivity index (χ4n) is 3.73. The Morgan fingerprint density at radius 3 is 2.78 bits per heavy atom. The number of hydrogen-bond acceptors (Lipinski definition) is 7. The number of anilines is 1. The van der Waals surface area contributed by atoms with Gasteiger partial charge in [0, 0.05) is 54.5 Å². The van der Waals surface area contributed by atoms with Gasteiger partial charge in [-0.25, -0.2) is 19.9 Å². The second-order valence-corrected chi connectivity index (χ2v) is 7.67. The molecule has 0 radical (unpaired) electrons. The zero-order valence-electron chi connectivity index (χ0n) is 18.5. The molecule has 0 spiro atoms. The van der Waals surface area contributed by atoms with Gasteiger partial charge in [-0.05, 0) is 18.6 Å². The van der Waals surface area contributed by atoms with E-state index in [-0.39, 0.29) is 11.8 Å². The van der Waals surface area contributed by atoms with E-state index in [1.807, 2.05) is 39.0 Å². The topological polar surface area (TPSA) is 106 Å². The largest absolute Gasteiger partial charge is 0.369 e. The first kappa shape index (κ1) is 21.4. The van der Waals surface area contributed by atoms with Crippen LogP contribution in [-0.4, -0.2) is 52.3 Å². The summed E-state index contributed by atoms with van der Waals surface area (Å²) in [7, 11) is 3.58. The van der Waals surface area contributed by atoms with E-state index >= 15 is 0 Å². The standard InChI is InChI=1S/C23H24BN7O/c1-13(15-5-4-6-16-17(23(32)25-3)7-8-26-21(15)16)10-28-20-9-19(29-12-30-20)18-11-27-14(2)31-22(18)24/h4-9,11-13H,10,24H2,1-3H3,(H,25,32)(H,28,29,30)/t13-/m1/s1. The lowest BCUT2D eigenvalue weighted by atomic mass is 9.95. The molecule has 0 bridgehead atoms. The Balaban J connectivity index is 1.56. The predicted molar refractivity (Wildman–Crippen MR) is 128 cm³/mol. The van der Waals surface area contributed by atoms with Gasteiger partial charge in [0.15, 0.2) is 7.85 Å². The van der Waals surface area contributed by atoms with Crippen molar-refractivity contribution in [2.75, 3.05) is 18.9 Å². The van der Waals surface area contributed by atoms with Gasteiger partial charge in [-0.3, -0.25) is 9.78 Å². The molecule has 32 heavy (non-hydrogen) atoms. The summed E-state index contributed by atoms with van der Waals surface area (Å²) < 4.78 is 0. The van der Waals surface area contributed by atoms with Gasteiger partial charge in [0.25, 0.3) is 5.91 Å². The fourth-order valence-corrected chi connectivity index (χ4v) is 3.73. The van der Waals surface area contributed by atoms with Gasteiger partial charge in [0.2, 0.25) is 0 Å². The van der Waals surface area contributed by atoms with Crippen molar-refractivity contribution in [2.45, 2.75) is 19.8 Å². The SMILES string of the molecule is Bc1nc(C)ncc1-c1cc(NC[C@@H](C)c2cccc3c(C(=O)NC)ccnc23)ncn1. The lowest BCUT2D eigenvalue weighted by molar-refractivity contribution is 0.0964. The van der Waals surface area contributed by atoms with Crippen molar-refractivity contribution in [3.8, 4) is 11.3 Å². The lowest BCUT2D eigenvalue weighted by Crippen LogP contribution is -2.18. The summed E-state index contributed by atoms with van der Waals surface area (Å²) in [6.45, 7) is 4.63. The summed E-state index contributed by atoms with van der Waals surface area (Å²) in [5.41, 5.74) is 5.06. The number of hydrogen-bond donors (Lipinski definition) is 2. The number of rotatable bonds is 6. The highest BCUT2D eigenvalue weighted by molar-refractivity contribution is 6.34. The summed E-state index contributed by atoms with van der Waals surface area (Å²) in [5, 5.41) is 6.93. The van der Waals surface area contributed by atoms with Crippen LogP contribution < -0.4 is 16.2 Å². The number of aryl methyl sites for hydroxylation is 1. The molecule has 4 rings (SSSR count). The molecule has 0 unspecified atom stereocenters. The molecule has 8 nitrogen and oxygen atoms in total. The van der Waals surface area contributed by atoms with Crippen molar-refractivity contribution in [3.63, 3.8) is 0 Å². The highest BCUT2D eigenvalue weighted by atomic mass is 16.1. The minimum atomic E-state index is -0.121. The Morgan fingerprint density at radius 2 is 2.00 bits per heavy atom. The van der Waals surface area contributed by atoms with E-state index in [0.29, 0.717) is 12.1 Å². The number of nitrogens with one attached hydrogen (secondary N) is 2. The van der Waals surface area contributed by atoms with E-state index in [2.05, 4.69) is 42.5 Å². The van der Waals surface area contributed by atoms with Crippen molar-refractivity contribution < 1.29 is 4.79 Å². The summed E-state index contributed by atoms with van der Waals surface area (Å²) >= 11 is 0. The van der Waals surface area contributed by atoms with Crippen LogP contribution in [0.3, 0.4) is 0 Å². The molecular formula is C23H24BN7O. The molecule has 3 aromatic heterocycles. The van der Waals surface area contributed by atoms with Gasteiger partial charge in [-0.1, -0.05) is 25.1 Å². The lowest BCUT2D eigenvalue weighted by Gasteiger charge is -2.16. The molecule has 160 valence electrons. The van der Waals surface area contributed by atoms with Gasteiger partial charge in [0.1, 0.15) is 18.0 Å². The second kappa shape index (κ2) is 9.09. The van der Waals surface area contributed by atoms with Crippen molar-refractivity contribution in [1.82, 2.24) is 30.2 Å². The highest BCUT2D eigenvalue weighted by Gasteiger charge is 2.15. The molecule has 9 heteroatoms. The van der Waals surface area contributed by atoms with Gasteiger partial charge in [-0.15, -0.1) is 0 Å². The van der Waals surface area contributed by atoms with Crippen molar-refractivity contribution in [3.05, 3.63) is 66.0 Å². The molecule has 1 aromatic carbocycles. The molecular weight excluding hydrogens is 401 g/mol. The third-order valence-corrected chi connectivity index (χ3v) is 5.44. The van der Waals surface area contributed by atoms with Crippen molar-refractivity contribution in [1.29, 1.82) is 0 Å². The molecule has 3 heterocycles. The predicted octanol–water partition coefficient (Wildman–Crippen LogP) is 1.62. The minimum absolute atomic E-state index is 0.121. The quantitative estimate of drug-likeness (QED) is 0.453. The smallest absolute Gasteiger partial charge is 0.251 e. The Bertz CT molecular complexity index is 1290. The van der Waals surface area contributed by atoms with Crippen LogP contribution in [0.4, 0.5) is 5.82 Å². The maximum absolute atomic E-state index is 12.2. The van der Waals surface area contributed by atoms with Crippen molar-refractivity contribution >= 4 is 36.1 Å². The Kier molecular flexibility index (Phi) is 6.07.